The van der Waals surface area contributed by atoms with Gasteiger partial charge in [-0.2, -0.15) is 0 Å². The van der Waals surface area contributed by atoms with E-state index in [1.807, 2.05) is 0 Å². The normalized spacial score (nSPS) is 13.0. The molecule has 12 heterocycles. The standard InChI is InChI=1S/C98H66N12/c1-48-43-53(6)76(54(7)44-48)61-30-19-32-63-80-87-90-81(88-89(80)109(85(61)63)96-100-66-35-11-13-37-68(66)103(88)96)64-33-20-31-62(86(64)110(90)97-101-67-36-12-14-38-69(67)104(87)97)77-55(8)45-57(46-56(77)9)47-58-27-18-42-73-84(58)102-98-107-72-41-22-29-60(75-51(4)25-17-26-52(75)5)79(72)82-91-92-83(94(93(82)107)108(73)98)78-59(74-49(2)23-16-24-50(74)3)28-21-40-71(78)106(92)95-99-65-34-10-15-39-70(65)105(91)95/h10-46H,47H2,1-9H3. The second-order valence-corrected chi connectivity index (χ2v) is 31.8. The maximum Gasteiger partial charge on any atom is 0.220 e. The van der Waals surface area contributed by atoms with Gasteiger partial charge in [0.05, 0.1) is 110 Å². The second kappa shape index (κ2) is 20.0. The van der Waals surface area contributed by atoms with Gasteiger partial charge in [0.1, 0.15) is 0 Å². The van der Waals surface area contributed by atoms with Crippen LogP contribution < -0.4 is 0 Å². The number of hydrogen-bond donors (Lipinski definition) is 0. The Labute approximate surface area is 626 Å². The van der Waals surface area contributed by atoms with Gasteiger partial charge in [-0.3, -0.25) is 35.2 Å². The van der Waals surface area contributed by atoms with Gasteiger partial charge in [0.2, 0.25) is 23.1 Å². The van der Waals surface area contributed by atoms with E-state index in [-0.39, 0.29) is 0 Å². The quantitative estimate of drug-likeness (QED) is 0.166. The van der Waals surface area contributed by atoms with Crippen molar-refractivity contribution in [3.05, 3.63) is 286 Å². The minimum Gasteiger partial charge on any atom is -0.277 e. The lowest BCUT2D eigenvalue weighted by atomic mass is 9.90. The van der Waals surface area contributed by atoms with Gasteiger partial charge in [0.15, 0.2) is 0 Å². The lowest BCUT2D eigenvalue weighted by Crippen LogP contribution is -1.97. The number of aromatic nitrogens is 12. The number of imidazole rings is 8. The fourth-order valence-electron chi connectivity index (χ4n) is 21.9. The van der Waals surface area contributed by atoms with Gasteiger partial charge < -0.3 is 0 Å². The molecule has 0 fully saturated rings. The Bertz CT molecular complexity index is 8600. The van der Waals surface area contributed by atoms with Gasteiger partial charge in [-0.05, 0) is 212 Å². The Balaban J connectivity index is 0.728. The van der Waals surface area contributed by atoms with E-state index in [0.717, 1.165) is 122 Å². The lowest BCUT2D eigenvalue weighted by Gasteiger charge is -2.15. The van der Waals surface area contributed by atoms with Crippen LogP contribution >= 0.6 is 0 Å². The summed E-state index contributed by atoms with van der Waals surface area (Å²) in [7, 11) is 0. The van der Waals surface area contributed by atoms with Crippen LogP contribution in [0.4, 0.5) is 0 Å². The first-order valence-corrected chi connectivity index (χ1v) is 38.4. The van der Waals surface area contributed by atoms with Crippen LogP contribution in [0.3, 0.4) is 0 Å². The highest BCUT2D eigenvalue weighted by Crippen LogP contribution is 2.56. The number of nitrogens with zero attached hydrogens (tertiary/aromatic N) is 12. The van der Waals surface area contributed by atoms with Gasteiger partial charge in [0.25, 0.3) is 0 Å². The van der Waals surface area contributed by atoms with Crippen molar-refractivity contribution >= 4 is 177 Å². The molecule has 26 rings (SSSR count). The van der Waals surface area contributed by atoms with Crippen LogP contribution in [0.2, 0.25) is 0 Å². The summed E-state index contributed by atoms with van der Waals surface area (Å²) in [6, 6.07) is 83.7. The average molecular weight is 1410 g/mol. The number of aryl methyl sites for hydroxylation is 9. The predicted molar refractivity (Wildman–Crippen MR) is 454 cm³/mol. The van der Waals surface area contributed by atoms with Gasteiger partial charge in [-0.25, -0.2) is 19.9 Å². The largest absolute Gasteiger partial charge is 0.277 e. The average Bonchev–Trinajstić information content (AvgIpc) is 1.48. The van der Waals surface area contributed by atoms with Crippen molar-refractivity contribution in [3.63, 3.8) is 0 Å². The minimum atomic E-state index is 0.677. The highest BCUT2D eigenvalue weighted by molar-refractivity contribution is 6.41. The molecule has 12 aromatic heterocycles. The van der Waals surface area contributed by atoms with Gasteiger partial charge in [0, 0.05) is 54.2 Å². The molecule has 0 spiro atoms. The minimum absolute atomic E-state index is 0.677. The number of hydrogen-bond acceptors (Lipinski definition) is 4. The zero-order valence-electron chi connectivity index (χ0n) is 61.9. The Kier molecular flexibility index (Phi) is 10.8. The highest BCUT2D eigenvalue weighted by Gasteiger charge is 2.37. The number of rotatable bonds is 6. The summed E-state index contributed by atoms with van der Waals surface area (Å²) in [5, 5.41) is 9.62. The molecule has 0 saturated carbocycles. The molecule has 14 aromatic carbocycles. The molecular weight excluding hydrogens is 1350 g/mol. The zero-order valence-corrected chi connectivity index (χ0v) is 61.9. The van der Waals surface area contributed by atoms with Gasteiger partial charge >= 0.3 is 0 Å². The van der Waals surface area contributed by atoms with Crippen LogP contribution in [0, 0.1) is 62.3 Å². The molecule has 26 aromatic rings. The predicted octanol–water partition coefficient (Wildman–Crippen LogP) is 23.9. The maximum atomic E-state index is 6.03. The summed E-state index contributed by atoms with van der Waals surface area (Å²) in [5.74, 6) is 3.62. The molecule has 0 aliphatic carbocycles. The molecule has 0 amide bonds. The molecule has 0 radical (unpaired) electrons. The highest BCUT2D eigenvalue weighted by atomic mass is 15.2. The summed E-state index contributed by atoms with van der Waals surface area (Å²) in [6.45, 7) is 20.4. The van der Waals surface area contributed by atoms with E-state index in [1.54, 1.807) is 0 Å². The van der Waals surface area contributed by atoms with Crippen molar-refractivity contribution in [2.24, 2.45) is 0 Å². The lowest BCUT2D eigenvalue weighted by molar-refractivity contribution is 1.17. The molecule has 0 atom stereocenters. The fourth-order valence-corrected chi connectivity index (χ4v) is 21.9. The van der Waals surface area contributed by atoms with Crippen LogP contribution in [0.25, 0.3) is 221 Å². The van der Waals surface area contributed by atoms with Crippen molar-refractivity contribution < 1.29 is 0 Å². The zero-order chi connectivity index (χ0) is 72.8. The number of para-hydroxylation sites is 9. The number of fused-ring (bicyclic) bond motifs is 36. The summed E-state index contributed by atoms with van der Waals surface area (Å²) in [5.41, 5.74) is 45.5. The summed E-state index contributed by atoms with van der Waals surface area (Å²) in [4.78, 5) is 22.9. The Morgan fingerprint density at radius 2 is 0.555 bits per heavy atom. The maximum absolute atomic E-state index is 6.03. The van der Waals surface area contributed by atoms with E-state index in [1.165, 1.54) is 160 Å². The Morgan fingerprint density at radius 1 is 0.236 bits per heavy atom. The van der Waals surface area contributed by atoms with Gasteiger partial charge in [-0.15, -0.1) is 0 Å². The molecule has 518 valence electrons. The molecule has 12 heteroatoms. The summed E-state index contributed by atoms with van der Waals surface area (Å²) < 4.78 is 20.0. The molecule has 0 unspecified atom stereocenters. The van der Waals surface area contributed by atoms with Crippen molar-refractivity contribution in [3.8, 4) is 44.5 Å². The SMILES string of the molecule is Cc1cc(C)c(-c2cccc3c4c5c6c(c7cccc(-c8c(C)cc(Cc9cccc%10c9nc9n%10c%10c%11c%12c(-c%13c(C)cccc%13C)cccc%12n%12c%11c(c%11c%13c(-c%14c(C)cccc%14C)cccc%13n9c%11%10)n9c%10ccccc%10nc9%12)cc8C)c7n6c6nc7ccccc7n56)c5c4n(c23)c2nc3ccccc3n52)c(C)c1. The molecule has 0 aliphatic rings. The third kappa shape index (κ3) is 6.86. The van der Waals surface area contributed by atoms with E-state index in [9.17, 15) is 0 Å². The van der Waals surface area contributed by atoms with Crippen LogP contribution in [-0.2, 0) is 6.42 Å². The summed E-state index contributed by atoms with van der Waals surface area (Å²) >= 11 is 0. The van der Waals surface area contributed by atoms with Crippen LogP contribution in [-0.4, -0.2) is 55.1 Å². The first-order valence-electron chi connectivity index (χ1n) is 38.4. The van der Waals surface area contributed by atoms with E-state index in [4.69, 9.17) is 19.9 Å². The van der Waals surface area contributed by atoms with Crippen molar-refractivity contribution in [2.45, 2.75) is 68.7 Å². The fraction of sp³-hybridized carbons (Fsp3) is 0.102. The van der Waals surface area contributed by atoms with E-state index >= 15 is 0 Å². The Morgan fingerprint density at radius 3 is 1.01 bits per heavy atom. The first kappa shape index (κ1) is 59.3. The first-order chi connectivity index (χ1) is 53.9. The number of benzene rings is 14. The van der Waals surface area contributed by atoms with Crippen molar-refractivity contribution in [1.29, 1.82) is 0 Å². The molecule has 0 bridgehead atoms. The molecule has 0 saturated heterocycles. The smallest absolute Gasteiger partial charge is 0.220 e. The van der Waals surface area contributed by atoms with Crippen LogP contribution in [0.5, 0.6) is 0 Å². The molecule has 110 heavy (non-hydrogen) atoms. The van der Waals surface area contributed by atoms with Crippen molar-refractivity contribution in [2.75, 3.05) is 0 Å². The van der Waals surface area contributed by atoms with Gasteiger partial charge in [-0.1, -0.05) is 175 Å². The molecule has 12 nitrogen and oxygen atoms in total. The van der Waals surface area contributed by atoms with Crippen LogP contribution in [0.15, 0.2) is 224 Å². The van der Waals surface area contributed by atoms with Crippen molar-refractivity contribution in [1.82, 2.24) is 55.1 Å². The third-order valence-electron chi connectivity index (χ3n) is 25.6. The molecule has 0 N–H and O–H groups in total. The molecule has 0 aliphatic heterocycles. The monoisotopic (exact) mass is 1410 g/mol. The topological polar surface area (TPSA) is 86.8 Å². The van der Waals surface area contributed by atoms with E-state index in [0.29, 0.717) is 6.42 Å². The summed E-state index contributed by atoms with van der Waals surface area (Å²) in [6.07, 6.45) is 0.677. The third-order valence-corrected chi connectivity index (χ3v) is 25.6. The molecular formula is C98H66N12. The Hall–Kier alpha value is -13.8. The van der Waals surface area contributed by atoms with E-state index < -0.39 is 0 Å². The second-order valence-electron chi connectivity index (χ2n) is 31.8. The van der Waals surface area contributed by atoms with Crippen LogP contribution in [0.1, 0.15) is 61.2 Å². The van der Waals surface area contributed by atoms with E-state index in [2.05, 4.69) is 322 Å².